The lowest BCUT2D eigenvalue weighted by atomic mass is 10.2. The van der Waals surface area contributed by atoms with Gasteiger partial charge in [0.1, 0.15) is 5.82 Å². The van der Waals surface area contributed by atoms with Gasteiger partial charge in [-0.15, -0.1) is 0 Å². The second kappa shape index (κ2) is 7.84. The number of carbonyl (C=O) groups excluding carboxylic acids is 1. The van der Waals surface area contributed by atoms with E-state index in [-0.39, 0.29) is 11.7 Å². The standard InChI is InChI=1S/C16H18Br2N4O3/c1-2-25-16(24)22-5-3-21(4-6-22)9-13-19-14-11(15(23)20-13)7-10(17)8-12(14)18/h7-8H,2-6,9H2,1H3,(H,19,20,23). The number of rotatable bonds is 3. The van der Waals surface area contributed by atoms with Crippen molar-refractivity contribution in [1.29, 1.82) is 0 Å². The topological polar surface area (TPSA) is 78.5 Å². The van der Waals surface area contributed by atoms with Crippen molar-refractivity contribution < 1.29 is 9.53 Å². The normalized spacial score (nSPS) is 15.6. The van der Waals surface area contributed by atoms with Crippen LogP contribution < -0.4 is 5.56 Å². The predicted molar refractivity (Wildman–Crippen MR) is 102 cm³/mol. The highest BCUT2D eigenvalue weighted by molar-refractivity contribution is 9.11. The van der Waals surface area contributed by atoms with E-state index in [0.717, 1.165) is 8.95 Å². The maximum absolute atomic E-state index is 12.3. The van der Waals surface area contributed by atoms with Crippen molar-refractivity contribution in [2.24, 2.45) is 0 Å². The van der Waals surface area contributed by atoms with Crippen LogP contribution in [0.25, 0.3) is 10.9 Å². The number of nitrogens with one attached hydrogen (secondary N) is 1. The van der Waals surface area contributed by atoms with E-state index in [2.05, 4.69) is 46.7 Å². The Labute approximate surface area is 161 Å². The van der Waals surface area contributed by atoms with Crippen LogP contribution in [0.4, 0.5) is 4.79 Å². The van der Waals surface area contributed by atoms with Gasteiger partial charge in [0, 0.05) is 35.1 Å². The maximum atomic E-state index is 12.3. The lowest BCUT2D eigenvalue weighted by molar-refractivity contribution is 0.0772. The molecule has 2 aromatic rings. The minimum absolute atomic E-state index is 0.160. The molecule has 0 spiro atoms. The maximum Gasteiger partial charge on any atom is 0.409 e. The molecular formula is C16H18Br2N4O3. The van der Waals surface area contributed by atoms with Crippen molar-refractivity contribution in [3.63, 3.8) is 0 Å². The van der Waals surface area contributed by atoms with Gasteiger partial charge in [-0.05, 0) is 35.0 Å². The quantitative estimate of drug-likeness (QED) is 0.741. The Bertz CT molecular complexity index is 847. The first-order chi connectivity index (χ1) is 12.0. The molecule has 0 atom stereocenters. The van der Waals surface area contributed by atoms with E-state index in [4.69, 9.17) is 4.74 Å². The lowest BCUT2D eigenvalue weighted by Crippen LogP contribution is -2.48. The monoisotopic (exact) mass is 472 g/mol. The highest BCUT2D eigenvalue weighted by atomic mass is 79.9. The summed E-state index contributed by atoms with van der Waals surface area (Å²) in [6.07, 6.45) is -0.270. The van der Waals surface area contributed by atoms with E-state index >= 15 is 0 Å². The number of H-pyrrole nitrogens is 1. The van der Waals surface area contributed by atoms with Gasteiger partial charge in [-0.25, -0.2) is 9.78 Å². The van der Waals surface area contributed by atoms with E-state index in [1.54, 1.807) is 17.9 Å². The molecule has 9 heteroatoms. The van der Waals surface area contributed by atoms with Gasteiger partial charge in [0.15, 0.2) is 0 Å². The molecule has 25 heavy (non-hydrogen) atoms. The van der Waals surface area contributed by atoms with Gasteiger partial charge in [-0.3, -0.25) is 9.69 Å². The first-order valence-corrected chi connectivity index (χ1v) is 9.58. The zero-order chi connectivity index (χ0) is 18.0. The summed E-state index contributed by atoms with van der Waals surface area (Å²) in [6.45, 7) is 5.34. The number of nitrogens with zero attached hydrogens (tertiary/aromatic N) is 3. The molecule has 1 fully saturated rings. The Morgan fingerprint density at radius 2 is 2.00 bits per heavy atom. The summed E-state index contributed by atoms with van der Waals surface area (Å²) in [5.41, 5.74) is 0.485. The summed E-state index contributed by atoms with van der Waals surface area (Å²) in [7, 11) is 0. The highest BCUT2D eigenvalue weighted by Crippen LogP contribution is 2.25. The highest BCUT2D eigenvalue weighted by Gasteiger charge is 2.22. The number of aromatic nitrogens is 2. The molecule has 0 radical (unpaired) electrons. The Kier molecular flexibility index (Phi) is 5.75. The third kappa shape index (κ3) is 4.21. The van der Waals surface area contributed by atoms with Crippen LogP contribution >= 0.6 is 31.9 Å². The average Bonchev–Trinajstić information content (AvgIpc) is 2.57. The molecule has 0 saturated carbocycles. The van der Waals surface area contributed by atoms with Gasteiger partial charge in [0.25, 0.3) is 5.56 Å². The summed E-state index contributed by atoms with van der Waals surface area (Å²) >= 11 is 6.85. The Morgan fingerprint density at radius 1 is 1.28 bits per heavy atom. The largest absolute Gasteiger partial charge is 0.450 e. The van der Waals surface area contributed by atoms with E-state index in [0.29, 0.717) is 56.1 Å². The number of aromatic amines is 1. The molecule has 1 N–H and O–H groups in total. The number of hydrogen-bond acceptors (Lipinski definition) is 5. The van der Waals surface area contributed by atoms with Gasteiger partial charge >= 0.3 is 6.09 Å². The number of benzene rings is 1. The number of ether oxygens (including phenoxy) is 1. The number of piperazine rings is 1. The van der Waals surface area contributed by atoms with Gasteiger partial charge in [0.2, 0.25) is 0 Å². The number of carbonyl (C=O) groups is 1. The van der Waals surface area contributed by atoms with Crippen LogP contribution in [0.15, 0.2) is 25.9 Å². The Morgan fingerprint density at radius 3 is 2.68 bits per heavy atom. The minimum Gasteiger partial charge on any atom is -0.450 e. The van der Waals surface area contributed by atoms with Crippen LogP contribution in [0.2, 0.25) is 0 Å². The van der Waals surface area contributed by atoms with Crippen molar-refractivity contribution >= 4 is 48.9 Å². The average molecular weight is 474 g/mol. The van der Waals surface area contributed by atoms with Crippen LogP contribution in [-0.4, -0.2) is 58.6 Å². The second-order valence-corrected chi connectivity index (χ2v) is 7.53. The molecule has 1 aliphatic rings. The number of amides is 1. The van der Waals surface area contributed by atoms with Crippen molar-refractivity contribution in [3.05, 3.63) is 37.3 Å². The molecule has 1 aromatic heterocycles. The van der Waals surface area contributed by atoms with E-state index in [1.165, 1.54) is 0 Å². The molecule has 2 heterocycles. The molecular weight excluding hydrogens is 456 g/mol. The summed E-state index contributed by atoms with van der Waals surface area (Å²) in [4.78, 5) is 35.4. The summed E-state index contributed by atoms with van der Waals surface area (Å²) in [6, 6.07) is 3.63. The van der Waals surface area contributed by atoms with E-state index in [1.807, 2.05) is 6.07 Å². The van der Waals surface area contributed by atoms with Crippen molar-refractivity contribution in [2.75, 3.05) is 32.8 Å². The Hall–Kier alpha value is -1.45. The van der Waals surface area contributed by atoms with Crippen molar-refractivity contribution in [1.82, 2.24) is 19.8 Å². The molecule has 0 bridgehead atoms. The molecule has 3 rings (SSSR count). The van der Waals surface area contributed by atoms with Crippen LogP contribution in [-0.2, 0) is 11.3 Å². The van der Waals surface area contributed by atoms with E-state index in [9.17, 15) is 9.59 Å². The predicted octanol–water partition coefficient (Wildman–Crippen LogP) is 2.72. The summed E-state index contributed by atoms with van der Waals surface area (Å²) < 4.78 is 6.62. The van der Waals surface area contributed by atoms with Crippen LogP contribution in [0, 0.1) is 0 Å². The molecule has 1 aromatic carbocycles. The first-order valence-electron chi connectivity index (χ1n) is 8.00. The molecule has 0 unspecified atom stereocenters. The van der Waals surface area contributed by atoms with Crippen molar-refractivity contribution in [3.8, 4) is 0 Å². The lowest BCUT2D eigenvalue weighted by Gasteiger charge is -2.33. The minimum atomic E-state index is -0.270. The summed E-state index contributed by atoms with van der Waals surface area (Å²) in [5.74, 6) is 0.616. The third-order valence-corrected chi connectivity index (χ3v) is 5.11. The zero-order valence-electron chi connectivity index (χ0n) is 13.7. The van der Waals surface area contributed by atoms with Crippen LogP contribution in [0.3, 0.4) is 0 Å². The third-order valence-electron chi connectivity index (χ3n) is 4.05. The first kappa shape index (κ1) is 18.3. The van der Waals surface area contributed by atoms with Crippen LogP contribution in [0.1, 0.15) is 12.7 Å². The molecule has 7 nitrogen and oxygen atoms in total. The molecule has 1 amide bonds. The fourth-order valence-electron chi connectivity index (χ4n) is 2.80. The van der Waals surface area contributed by atoms with Gasteiger partial charge < -0.3 is 14.6 Å². The summed E-state index contributed by atoms with van der Waals surface area (Å²) in [5, 5.41) is 0.539. The fourth-order valence-corrected chi connectivity index (χ4v) is 4.12. The molecule has 134 valence electrons. The number of hydrogen-bond donors (Lipinski definition) is 1. The number of halogens is 2. The molecule has 1 saturated heterocycles. The Balaban J connectivity index is 1.72. The van der Waals surface area contributed by atoms with Crippen LogP contribution in [0.5, 0.6) is 0 Å². The van der Waals surface area contributed by atoms with Gasteiger partial charge in [-0.1, -0.05) is 15.9 Å². The zero-order valence-corrected chi connectivity index (χ0v) is 16.9. The van der Waals surface area contributed by atoms with Crippen molar-refractivity contribution in [2.45, 2.75) is 13.5 Å². The SMILES string of the molecule is CCOC(=O)N1CCN(Cc2nc3c(Br)cc(Br)cc3c(=O)[nH]2)CC1. The fraction of sp³-hybridized carbons (Fsp3) is 0.438. The smallest absolute Gasteiger partial charge is 0.409 e. The van der Waals surface area contributed by atoms with E-state index < -0.39 is 0 Å². The van der Waals surface area contributed by atoms with Gasteiger partial charge in [0.05, 0.1) is 24.1 Å². The number of fused-ring (bicyclic) bond motifs is 1. The molecule has 1 aliphatic heterocycles. The molecule has 0 aliphatic carbocycles. The van der Waals surface area contributed by atoms with Gasteiger partial charge in [-0.2, -0.15) is 0 Å². The second-order valence-electron chi connectivity index (χ2n) is 5.76.